The van der Waals surface area contributed by atoms with E-state index in [4.69, 9.17) is 0 Å². The Kier molecular flexibility index (Phi) is 4.54. The van der Waals surface area contributed by atoms with Gasteiger partial charge in [-0.3, -0.25) is 9.36 Å². The third-order valence-electron chi connectivity index (χ3n) is 3.68. The van der Waals surface area contributed by atoms with Crippen LogP contribution in [0.15, 0.2) is 29.4 Å². The molecule has 6 nitrogen and oxygen atoms in total. The molecule has 7 heteroatoms. The molecule has 128 valence electrons. The maximum absolute atomic E-state index is 12.0. The van der Waals surface area contributed by atoms with Crippen molar-refractivity contribution in [2.45, 2.75) is 44.9 Å². The van der Waals surface area contributed by atoms with Crippen LogP contribution in [0.25, 0.3) is 0 Å². The molecule has 0 saturated heterocycles. The average Bonchev–Trinajstić information content (AvgIpc) is 3.06. The predicted octanol–water partition coefficient (Wildman–Crippen LogP) is 2.75. The summed E-state index contributed by atoms with van der Waals surface area (Å²) >= 11 is 1.43. The van der Waals surface area contributed by atoms with Gasteiger partial charge in [0.05, 0.1) is 5.75 Å². The molecule has 0 atom stereocenters. The highest BCUT2D eigenvalue weighted by Crippen LogP contribution is 2.32. The first-order chi connectivity index (χ1) is 11.3. The Bertz CT molecular complexity index is 732. The molecule has 1 aliphatic heterocycles. The molecule has 0 saturated carbocycles. The van der Waals surface area contributed by atoms with Crippen molar-refractivity contribution < 1.29 is 4.79 Å². The van der Waals surface area contributed by atoms with Crippen LogP contribution in [0.3, 0.4) is 0 Å². The van der Waals surface area contributed by atoms with Gasteiger partial charge < -0.3 is 10.2 Å². The monoisotopic (exact) mass is 345 g/mol. The van der Waals surface area contributed by atoms with Gasteiger partial charge in [0.15, 0.2) is 5.16 Å². The van der Waals surface area contributed by atoms with E-state index >= 15 is 0 Å². The molecular formula is C17H23N5OS. The SMILES string of the molecule is Cc1ccc(N2CCn3c(SCC(=O)NC(C)(C)C)nnc32)cc1. The molecule has 0 aliphatic carbocycles. The molecule has 1 N–H and O–H groups in total. The number of hydrogen-bond donors (Lipinski definition) is 1. The van der Waals surface area contributed by atoms with E-state index in [-0.39, 0.29) is 11.4 Å². The molecule has 2 heterocycles. The van der Waals surface area contributed by atoms with E-state index in [2.05, 4.69) is 56.2 Å². The van der Waals surface area contributed by atoms with Gasteiger partial charge in [0.25, 0.3) is 0 Å². The van der Waals surface area contributed by atoms with E-state index in [0.29, 0.717) is 5.75 Å². The molecule has 0 unspecified atom stereocenters. The number of hydrogen-bond acceptors (Lipinski definition) is 5. The van der Waals surface area contributed by atoms with Crippen molar-refractivity contribution in [2.24, 2.45) is 0 Å². The van der Waals surface area contributed by atoms with Gasteiger partial charge in [0, 0.05) is 24.3 Å². The molecular weight excluding hydrogens is 322 g/mol. The van der Waals surface area contributed by atoms with Crippen LogP contribution in [-0.2, 0) is 11.3 Å². The van der Waals surface area contributed by atoms with Crippen LogP contribution in [0, 0.1) is 6.92 Å². The summed E-state index contributed by atoms with van der Waals surface area (Å²) in [6, 6.07) is 8.40. The van der Waals surface area contributed by atoms with Gasteiger partial charge >= 0.3 is 0 Å². The third-order valence-corrected chi connectivity index (χ3v) is 4.65. The van der Waals surface area contributed by atoms with E-state index in [1.807, 2.05) is 20.8 Å². The Balaban J connectivity index is 1.68. The molecule has 1 amide bonds. The number of amides is 1. The summed E-state index contributed by atoms with van der Waals surface area (Å²) in [4.78, 5) is 14.1. The standard InChI is InChI=1S/C17H23N5OS/c1-12-5-7-13(8-6-12)21-9-10-22-15(21)19-20-16(22)24-11-14(23)18-17(2,3)4/h5-8H,9-11H2,1-4H3,(H,18,23). The lowest BCUT2D eigenvalue weighted by molar-refractivity contribution is -0.119. The van der Waals surface area contributed by atoms with Crippen molar-refractivity contribution in [1.82, 2.24) is 20.1 Å². The number of fused-ring (bicyclic) bond motifs is 1. The summed E-state index contributed by atoms with van der Waals surface area (Å²) in [5, 5.41) is 12.3. The molecule has 1 aliphatic rings. The zero-order chi connectivity index (χ0) is 17.3. The maximum atomic E-state index is 12.0. The van der Waals surface area contributed by atoms with Crippen molar-refractivity contribution in [2.75, 3.05) is 17.2 Å². The Morgan fingerprint density at radius 3 is 2.58 bits per heavy atom. The predicted molar refractivity (Wildman–Crippen MR) is 96.8 cm³/mol. The minimum absolute atomic E-state index is 0.0123. The summed E-state index contributed by atoms with van der Waals surface area (Å²) < 4.78 is 2.08. The highest BCUT2D eigenvalue weighted by molar-refractivity contribution is 7.99. The molecule has 1 aromatic carbocycles. The van der Waals surface area contributed by atoms with E-state index in [1.165, 1.54) is 17.3 Å². The van der Waals surface area contributed by atoms with Crippen LogP contribution in [0.5, 0.6) is 0 Å². The van der Waals surface area contributed by atoms with E-state index < -0.39 is 0 Å². The van der Waals surface area contributed by atoms with Gasteiger partial charge in [-0.15, -0.1) is 10.2 Å². The average molecular weight is 345 g/mol. The molecule has 0 spiro atoms. The van der Waals surface area contributed by atoms with Crippen molar-refractivity contribution in [3.05, 3.63) is 29.8 Å². The fourth-order valence-corrected chi connectivity index (χ4v) is 3.40. The van der Waals surface area contributed by atoms with Crippen molar-refractivity contribution in [1.29, 1.82) is 0 Å². The largest absolute Gasteiger partial charge is 0.351 e. The number of carbonyl (C=O) groups excluding carboxylic acids is 1. The summed E-state index contributed by atoms with van der Waals surface area (Å²) in [6.07, 6.45) is 0. The molecule has 0 bridgehead atoms. The van der Waals surface area contributed by atoms with E-state index in [0.717, 1.165) is 29.9 Å². The lowest BCUT2D eigenvalue weighted by Gasteiger charge is -2.20. The van der Waals surface area contributed by atoms with E-state index in [1.54, 1.807) is 0 Å². The fraction of sp³-hybridized carbons (Fsp3) is 0.471. The minimum atomic E-state index is -0.216. The number of aromatic nitrogens is 3. The Morgan fingerprint density at radius 2 is 1.92 bits per heavy atom. The second-order valence-electron chi connectivity index (χ2n) is 7.01. The summed E-state index contributed by atoms with van der Waals surface area (Å²) in [6.45, 7) is 9.71. The van der Waals surface area contributed by atoms with Gasteiger partial charge in [-0.1, -0.05) is 29.5 Å². The lowest BCUT2D eigenvalue weighted by atomic mass is 10.1. The molecule has 0 radical (unpaired) electrons. The first kappa shape index (κ1) is 16.8. The second kappa shape index (κ2) is 6.47. The number of rotatable bonds is 4. The van der Waals surface area contributed by atoms with Crippen LogP contribution >= 0.6 is 11.8 Å². The summed E-state index contributed by atoms with van der Waals surface area (Å²) in [5.41, 5.74) is 2.14. The van der Waals surface area contributed by atoms with Crippen molar-refractivity contribution in [3.63, 3.8) is 0 Å². The highest BCUT2D eigenvalue weighted by atomic mass is 32.2. The van der Waals surface area contributed by atoms with Crippen molar-refractivity contribution >= 4 is 29.3 Å². The number of carbonyl (C=O) groups is 1. The molecule has 1 aromatic heterocycles. The van der Waals surface area contributed by atoms with Crippen LogP contribution in [0.4, 0.5) is 11.6 Å². The van der Waals surface area contributed by atoms with Gasteiger partial charge in [-0.05, 0) is 39.8 Å². The molecule has 24 heavy (non-hydrogen) atoms. The number of anilines is 2. The Hall–Kier alpha value is -2.02. The van der Waals surface area contributed by atoms with Crippen molar-refractivity contribution in [3.8, 4) is 0 Å². The number of thioether (sulfide) groups is 1. The number of aryl methyl sites for hydroxylation is 1. The van der Waals surface area contributed by atoms with Gasteiger partial charge in [-0.2, -0.15) is 0 Å². The van der Waals surface area contributed by atoms with Gasteiger partial charge in [-0.25, -0.2) is 0 Å². The molecule has 0 fully saturated rings. The number of benzene rings is 1. The van der Waals surface area contributed by atoms with Crippen LogP contribution < -0.4 is 10.2 Å². The quantitative estimate of drug-likeness (QED) is 0.863. The minimum Gasteiger partial charge on any atom is -0.351 e. The second-order valence-corrected chi connectivity index (χ2v) is 7.95. The lowest BCUT2D eigenvalue weighted by Crippen LogP contribution is -2.41. The number of nitrogens with one attached hydrogen (secondary N) is 1. The van der Waals surface area contributed by atoms with E-state index in [9.17, 15) is 4.79 Å². The summed E-state index contributed by atoms with van der Waals surface area (Å²) in [7, 11) is 0. The van der Waals surface area contributed by atoms with Gasteiger partial charge in [0.1, 0.15) is 0 Å². The fourth-order valence-electron chi connectivity index (χ4n) is 2.64. The first-order valence-electron chi connectivity index (χ1n) is 8.05. The number of nitrogens with zero attached hydrogens (tertiary/aromatic N) is 4. The van der Waals surface area contributed by atoms with Crippen LogP contribution in [0.1, 0.15) is 26.3 Å². The maximum Gasteiger partial charge on any atom is 0.232 e. The zero-order valence-corrected chi connectivity index (χ0v) is 15.4. The first-order valence-corrected chi connectivity index (χ1v) is 9.03. The molecule has 2 aromatic rings. The van der Waals surface area contributed by atoms with Gasteiger partial charge in [0.2, 0.25) is 11.9 Å². The normalized spacial score (nSPS) is 13.9. The Labute approximate surface area is 146 Å². The van der Waals surface area contributed by atoms with Crippen LogP contribution in [-0.4, -0.2) is 38.5 Å². The Morgan fingerprint density at radius 1 is 1.21 bits per heavy atom. The third kappa shape index (κ3) is 3.72. The topological polar surface area (TPSA) is 63.1 Å². The zero-order valence-electron chi connectivity index (χ0n) is 14.5. The summed E-state index contributed by atoms with van der Waals surface area (Å²) in [5.74, 6) is 1.20. The molecule has 3 rings (SSSR count). The smallest absolute Gasteiger partial charge is 0.232 e. The van der Waals surface area contributed by atoms with Crippen LogP contribution in [0.2, 0.25) is 0 Å². The highest BCUT2D eigenvalue weighted by Gasteiger charge is 2.26.